The van der Waals surface area contributed by atoms with E-state index in [1.807, 2.05) is 0 Å². The maximum Gasteiger partial charge on any atom is 0 e. The molecule has 0 radical (unpaired) electrons. The number of hydrogen-bond acceptors (Lipinski definition) is 0. The van der Waals surface area contributed by atoms with E-state index in [2.05, 4.69) is 6.92 Å². The molecule has 0 rings (SSSR count). The van der Waals surface area contributed by atoms with E-state index in [-0.39, 0.29) is 34.1 Å². The molecule has 26 valence electrons. The van der Waals surface area contributed by atoms with Gasteiger partial charge in [-0.25, -0.2) is 0 Å². The van der Waals surface area contributed by atoms with Crippen LogP contribution in [0.5, 0.6) is 0 Å². The Morgan fingerprint density at radius 1 is 1.25 bits per heavy atom. The third-order valence-corrected chi connectivity index (χ3v) is 0. The SMILES string of the molecule is Cl.[CH2-]C.[Ti]. The molecule has 0 spiro atoms. The van der Waals surface area contributed by atoms with Gasteiger partial charge in [0.25, 0.3) is 0 Å². The summed E-state index contributed by atoms with van der Waals surface area (Å²) in [5.74, 6) is 0. The first kappa shape index (κ1) is 20.0. The summed E-state index contributed by atoms with van der Waals surface area (Å²) in [6.45, 7) is 5.00. The van der Waals surface area contributed by atoms with Crippen LogP contribution in [0.25, 0.3) is 0 Å². The van der Waals surface area contributed by atoms with Gasteiger partial charge in [0.05, 0.1) is 0 Å². The number of rotatable bonds is 0. The van der Waals surface area contributed by atoms with E-state index in [4.69, 9.17) is 0 Å². The predicted molar refractivity (Wildman–Crippen MR) is 18.3 cm³/mol. The Morgan fingerprint density at radius 3 is 1.25 bits per heavy atom. The van der Waals surface area contributed by atoms with Crippen LogP contribution in [0, 0.1) is 6.92 Å². The zero-order valence-electron chi connectivity index (χ0n) is 2.62. The van der Waals surface area contributed by atoms with Gasteiger partial charge in [-0.05, 0) is 0 Å². The average molecular weight is 113 g/mol. The third-order valence-electron chi connectivity index (χ3n) is 0. The zero-order chi connectivity index (χ0) is 2.00. The smallest absolute Gasteiger partial charge is 0 e. The van der Waals surface area contributed by atoms with Gasteiger partial charge in [-0.2, -0.15) is 6.92 Å². The molecule has 0 unspecified atom stereocenters. The Bertz CT molecular complexity index is 6.00. The maximum atomic E-state index is 3.25. The first-order chi connectivity index (χ1) is 1.00. The topological polar surface area (TPSA) is 0 Å². The Kier molecular flexibility index (Phi) is 179. The van der Waals surface area contributed by atoms with Gasteiger partial charge in [0.15, 0.2) is 0 Å². The zero-order valence-corrected chi connectivity index (χ0v) is 4.99. The minimum Gasteiger partial charge on any atom is -0.346 e. The summed E-state index contributed by atoms with van der Waals surface area (Å²) < 4.78 is 0. The van der Waals surface area contributed by atoms with Gasteiger partial charge in [-0.1, -0.05) is 0 Å². The molecule has 0 saturated carbocycles. The molecule has 4 heavy (non-hydrogen) atoms. The standard InChI is InChI=1S/C2H5.ClH.Ti/c1-2;;/h1H2,2H3;1H;/q-1;;. The Hall–Kier alpha value is 1.00. The Labute approximate surface area is 48.3 Å². The van der Waals surface area contributed by atoms with Gasteiger partial charge in [-0.15, -0.1) is 12.4 Å². The van der Waals surface area contributed by atoms with Crippen molar-refractivity contribution < 1.29 is 21.7 Å². The molecule has 0 aliphatic heterocycles. The molecule has 0 aliphatic carbocycles. The average Bonchev–Trinajstić information content (AvgIpc) is 1.00. The van der Waals surface area contributed by atoms with E-state index < -0.39 is 0 Å². The quantitative estimate of drug-likeness (QED) is 0.328. The van der Waals surface area contributed by atoms with Crippen molar-refractivity contribution in [1.29, 1.82) is 0 Å². The largest absolute Gasteiger partial charge is 0.346 e. The molecule has 0 aromatic heterocycles. The molecule has 2 heteroatoms. The van der Waals surface area contributed by atoms with Crippen LogP contribution in [0.15, 0.2) is 0 Å². The molecule has 0 heterocycles. The monoisotopic (exact) mass is 113 g/mol. The van der Waals surface area contributed by atoms with Crippen molar-refractivity contribution in [3.05, 3.63) is 6.92 Å². The summed E-state index contributed by atoms with van der Waals surface area (Å²) in [7, 11) is 0. The molecular weight excluding hydrogens is 107 g/mol. The molecule has 0 aliphatic rings. The van der Waals surface area contributed by atoms with E-state index in [0.29, 0.717) is 0 Å². The van der Waals surface area contributed by atoms with Gasteiger partial charge in [0.2, 0.25) is 0 Å². The molecule has 0 bridgehead atoms. The van der Waals surface area contributed by atoms with Crippen LogP contribution < -0.4 is 0 Å². The summed E-state index contributed by atoms with van der Waals surface area (Å²) in [4.78, 5) is 0. The van der Waals surface area contributed by atoms with Crippen LogP contribution in [-0.2, 0) is 21.7 Å². The molecule has 0 fully saturated rings. The number of hydrogen-bond donors (Lipinski definition) is 0. The second kappa shape index (κ2) is 35.8. The fraction of sp³-hybridized carbons (Fsp3) is 0.500. The van der Waals surface area contributed by atoms with Crippen LogP contribution in [0.2, 0.25) is 0 Å². The fourth-order valence-corrected chi connectivity index (χ4v) is 0. The van der Waals surface area contributed by atoms with Crippen LogP contribution in [0.4, 0.5) is 0 Å². The molecule has 0 N–H and O–H groups in total. The van der Waals surface area contributed by atoms with Crippen LogP contribution in [0.3, 0.4) is 0 Å². The molecule has 0 nitrogen and oxygen atoms in total. The summed E-state index contributed by atoms with van der Waals surface area (Å²) in [5.41, 5.74) is 0. The maximum absolute atomic E-state index is 3.25. The minimum atomic E-state index is 0. The summed E-state index contributed by atoms with van der Waals surface area (Å²) >= 11 is 0. The van der Waals surface area contributed by atoms with Crippen molar-refractivity contribution in [3.8, 4) is 0 Å². The fourth-order valence-electron chi connectivity index (χ4n) is 0. The van der Waals surface area contributed by atoms with Crippen molar-refractivity contribution in [1.82, 2.24) is 0 Å². The summed E-state index contributed by atoms with van der Waals surface area (Å²) in [5, 5.41) is 0. The van der Waals surface area contributed by atoms with Gasteiger partial charge < -0.3 is 6.92 Å². The Morgan fingerprint density at radius 2 is 1.25 bits per heavy atom. The second-order valence-corrected chi connectivity index (χ2v) is 0. The third kappa shape index (κ3) is 12.0. The molecule has 0 aromatic carbocycles. The molecular formula is C2H6ClTi-. The predicted octanol–water partition coefficient (Wildman–Crippen LogP) is 1.26. The van der Waals surface area contributed by atoms with Crippen LogP contribution in [0.1, 0.15) is 6.92 Å². The van der Waals surface area contributed by atoms with Crippen molar-refractivity contribution in [2.45, 2.75) is 6.92 Å². The van der Waals surface area contributed by atoms with Gasteiger partial charge >= 0.3 is 0 Å². The summed E-state index contributed by atoms with van der Waals surface area (Å²) in [6, 6.07) is 0. The van der Waals surface area contributed by atoms with E-state index in [1.165, 1.54) is 0 Å². The van der Waals surface area contributed by atoms with E-state index in [1.54, 1.807) is 6.92 Å². The molecule has 0 amide bonds. The Balaban J connectivity index is -0.00000000500. The van der Waals surface area contributed by atoms with Crippen LogP contribution in [-0.4, -0.2) is 0 Å². The minimum absolute atomic E-state index is 0. The van der Waals surface area contributed by atoms with E-state index in [9.17, 15) is 0 Å². The normalized spacial score (nSPS) is 1.50. The van der Waals surface area contributed by atoms with Gasteiger partial charge in [0, 0.05) is 21.7 Å². The van der Waals surface area contributed by atoms with Crippen molar-refractivity contribution in [3.63, 3.8) is 0 Å². The van der Waals surface area contributed by atoms with Gasteiger partial charge in [-0.3, -0.25) is 0 Å². The first-order valence-electron chi connectivity index (χ1n) is 0.707. The molecule has 0 aromatic rings. The van der Waals surface area contributed by atoms with E-state index in [0.717, 1.165) is 0 Å². The summed E-state index contributed by atoms with van der Waals surface area (Å²) in [6.07, 6.45) is 0. The molecule has 0 atom stereocenters. The van der Waals surface area contributed by atoms with Crippen LogP contribution >= 0.6 is 12.4 Å². The molecule has 0 saturated heterocycles. The van der Waals surface area contributed by atoms with Crippen molar-refractivity contribution in [2.75, 3.05) is 0 Å². The van der Waals surface area contributed by atoms with Crippen molar-refractivity contribution in [2.24, 2.45) is 0 Å². The second-order valence-electron chi connectivity index (χ2n) is 0. The first-order valence-corrected chi connectivity index (χ1v) is 0.707. The van der Waals surface area contributed by atoms with Gasteiger partial charge in [0.1, 0.15) is 0 Å². The van der Waals surface area contributed by atoms with E-state index >= 15 is 0 Å². The number of halogens is 1. The van der Waals surface area contributed by atoms with Crippen molar-refractivity contribution >= 4 is 12.4 Å².